The second-order valence-corrected chi connectivity index (χ2v) is 6.59. The molecule has 0 aromatic heterocycles. The summed E-state index contributed by atoms with van der Waals surface area (Å²) >= 11 is 0. The Labute approximate surface area is 153 Å². The van der Waals surface area contributed by atoms with E-state index in [-0.39, 0.29) is 11.8 Å². The van der Waals surface area contributed by atoms with Gasteiger partial charge >= 0.3 is 6.03 Å². The summed E-state index contributed by atoms with van der Waals surface area (Å²) in [6.45, 7) is 3.37. The van der Waals surface area contributed by atoms with Crippen molar-refractivity contribution >= 4 is 23.2 Å². The van der Waals surface area contributed by atoms with E-state index in [9.17, 15) is 9.59 Å². The number of para-hydroxylation sites is 1. The number of allylic oxidation sites excluding steroid dienone is 1. The van der Waals surface area contributed by atoms with Gasteiger partial charge in [0.05, 0.1) is 11.7 Å². The molecule has 0 saturated heterocycles. The minimum Gasteiger partial charge on any atom is -0.378 e. The molecule has 0 aliphatic carbocycles. The lowest BCUT2D eigenvalue weighted by molar-refractivity contribution is -0.114. The van der Waals surface area contributed by atoms with Crippen molar-refractivity contribution in [3.63, 3.8) is 0 Å². The summed E-state index contributed by atoms with van der Waals surface area (Å²) in [4.78, 5) is 28.8. The monoisotopic (exact) mass is 349 g/mol. The van der Waals surface area contributed by atoms with Crippen LogP contribution in [0.3, 0.4) is 0 Å². The van der Waals surface area contributed by atoms with Crippen molar-refractivity contribution in [1.29, 1.82) is 0 Å². The summed E-state index contributed by atoms with van der Waals surface area (Å²) in [5.41, 5.74) is 3.95. The van der Waals surface area contributed by atoms with E-state index in [0.29, 0.717) is 11.3 Å². The Hall–Kier alpha value is -3.08. The lowest BCUT2D eigenvalue weighted by atomic mass is 9.92. The minimum absolute atomic E-state index is 0.0508. The molecule has 2 amide bonds. The number of carbonyl (C=O) groups excluding carboxylic acids is 2. The molecule has 26 heavy (non-hydrogen) atoms. The number of carbonyl (C=O) groups is 2. The predicted molar refractivity (Wildman–Crippen MR) is 104 cm³/mol. The van der Waals surface area contributed by atoms with Gasteiger partial charge in [-0.05, 0) is 43.7 Å². The standard InChI is InChI=1S/C21H23N3O2/c1-14-19(15(2)25)20(16-10-12-17(13-11-16)23(3)4)22-21(26)24(14)18-8-6-5-7-9-18/h5-13,20H,1-4H3,(H,22,26)/t20-/m0/s1. The van der Waals surface area contributed by atoms with Gasteiger partial charge in [0.1, 0.15) is 0 Å². The molecule has 0 radical (unpaired) electrons. The lowest BCUT2D eigenvalue weighted by Gasteiger charge is -2.35. The Kier molecular flexibility index (Phi) is 4.80. The molecule has 1 heterocycles. The molecular weight excluding hydrogens is 326 g/mol. The highest BCUT2D eigenvalue weighted by Gasteiger charge is 2.34. The molecule has 134 valence electrons. The van der Waals surface area contributed by atoms with Crippen molar-refractivity contribution in [1.82, 2.24) is 5.32 Å². The van der Waals surface area contributed by atoms with E-state index in [1.165, 1.54) is 0 Å². The summed E-state index contributed by atoms with van der Waals surface area (Å²) in [6.07, 6.45) is 0. The van der Waals surface area contributed by atoms with Gasteiger partial charge in [-0.1, -0.05) is 30.3 Å². The Morgan fingerprint density at radius 2 is 1.65 bits per heavy atom. The number of urea groups is 1. The first-order chi connectivity index (χ1) is 12.4. The molecule has 2 aromatic rings. The molecule has 0 unspecified atom stereocenters. The maximum Gasteiger partial charge on any atom is 0.326 e. The highest BCUT2D eigenvalue weighted by Crippen LogP contribution is 2.34. The first-order valence-corrected chi connectivity index (χ1v) is 8.55. The number of hydrogen-bond acceptors (Lipinski definition) is 3. The number of benzene rings is 2. The van der Waals surface area contributed by atoms with Gasteiger partial charge in [-0.2, -0.15) is 0 Å². The molecule has 5 heteroatoms. The molecule has 1 atom stereocenters. The van der Waals surface area contributed by atoms with E-state index >= 15 is 0 Å². The fraction of sp³-hybridized carbons (Fsp3) is 0.238. The van der Waals surface area contributed by atoms with Crippen molar-refractivity contribution in [3.8, 4) is 0 Å². The van der Waals surface area contributed by atoms with Crippen LogP contribution in [0.25, 0.3) is 0 Å². The molecule has 1 aliphatic rings. The largest absolute Gasteiger partial charge is 0.378 e. The topological polar surface area (TPSA) is 52.7 Å². The Morgan fingerprint density at radius 1 is 1.04 bits per heavy atom. The summed E-state index contributed by atoms with van der Waals surface area (Å²) < 4.78 is 0. The SMILES string of the molecule is CC(=O)C1=C(C)N(c2ccccc2)C(=O)N[C@H]1c1ccc(N(C)C)cc1. The first-order valence-electron chi connectivity index (χ1n) is 8.55. The summed E-state index contributed by atoms with van der Waals surface area (Å²) in [5, 5.41) is 2.99. The normalized spacial score (nSPS) is 17.2. The van der Waals surface area contributed by atoms with Crippen molar-refractivity contribution in [3.05, 3.63) is 71.4 Å². The molecule has 2 aromatic carbocycles. The van der Waals surface area contributed by atoms with Crippen LogP contribution in [-0.4, -0.2) is 25.9 Å². The van der Waals surface area contributed by atoms with Crippen molar-refractivity contribution in [2.24, 2.45) is 0 Å². The maximum absolute atomic E-state index is 12.8. The Balaban J connectivity index is 2.06. The van der Waals surface area contributed by atoms with E-state index in [4.69, 9.17) is 0 Å². The maximum atomic E-state index is 12.8. The zero-order valence-corrected chi connectivity index (χ0v) is 15.5. The van der Waals surface area contributed by atoms with E-state index < -0.39 is 6.04 Å². The molecule has 0 spiro atoms. The number of anilines is 2. The van der Waals surface area contributed by atoms with E-state index in [1.807, 2.05) is 80.5 Å². The van der Waals surface area contributed by atoms with E-state index in [2.05, 4.69) is 5.32 Å². The third-order valence-electron chi connectivity index (χ3n) is 4.62. The number of amides is 2. The quantitative estimate of drug-likeness (QED) is 0.911. The molecule has 0 fully saturated rings. The summed E-state index contributed by atoms with van der Waals surface area (Å²) in [7, 11) is 3.94. The van der Waals surface area contributed by atoms with Crippen LogP contribution in [0.4, 0.5) is 16.2 Å². The van der Waals surface area contributed by atoms with Crippen molar-refractivity contribution in [2.45, 2.75) is 19.9 Å². The summed E-state index contributed by atoms with van der Waals surface area (Å²) in [6, 6.07) is 16.5. The third-order valence-corrected chi connectivity index (χ3v) is 4.62. The van der Waals surface area contributed by atoms with Gasteiger partial charge in [0, 0.05) is 31.1 Å². The first kappa shape index (κ1) is 17.7. The number of hydrogen-bond donors (Lipinski definition) is 1. The van der Waals surface area contributed by atoms with Gasteiger partial charge in [-0.25, -0.2) is 4.79 Å². The minimum atomic E-state index is -0.448. The van der Waals surface area contributed by atoms with Gasteiger partial charge in [0.2, 0.25) is 0 Å². The smallest absolute Gasteiger partial charge is 0.326 e. The molecule has 0 saturated carbocycles. The van der Waals surface area contributed by atoms with Crippen LogP contribution in [0.2, 0.25) is 0 Å². The lowest BCUT2D eigenvalue weighted by Crippen LogP contribution is -2.47. The molecule has 1 N–H and O–H groups in total. The zero-order chi connectivity index (χ0) is 18.8. The van der Waals surface area contributed by atoms with E-state index in [0.717, 1.165) is 16.9 Å². The van der Waals surface area contributed by atoms with Crippen LogP contribution in [-0.2, 0) is 4.79 Å². The zero-order valence-electron chi connectivity index (χ0n) is 15.5. The van der Waals surface area contributed by atoms with Gasteiger partial charge in [0.25, 0.3) is 0 Å². The average Bonchev–Trinajstić information content (AvgIpc) is 2.61. The third kappa shape index (κ3) is 3.20. The fourth-order valence-electron chi connectivity index (χ4n) is 3.30. The number of rotatable bonds is 4. The Bertz CT molecular complexity index is 855. The number of Topliss-reactive ketones (excluding diaryl/α,β-unsaturated/α-hetero) is 1. The molecular formula is C21H23N3O2. The van der Waals surface area contributed by atoms with Crippen LogP contribution in [0.1, 0.15) is 25.5 Å². The van der Waals surface area contributed by atoms with E-state index in [1.54, 1.807) is 11.8 Å². The van der Waals surface area contributed by atoms with Crippen molar-refractivity contribution < 1.29 is 9.59 Å². The second kappa shape index (κ2) is 7.04. The molecule has 5 nitrogen and oxygen atoms in total. The van der Waals surface area contributed by atoms with Crippen LogP contribution in [0.5, 0.6) is 0 Å². The summed E-state index contributed by atoms with van der Waals surface area (Å²) in [5.74, 6) is -0.0508. The highest BCUT2D eigenvalue weighted by molar-refractivity contribution is 6.04. The van der Waals surface area contributed by atoms with Crippen molar-refractivity contribution in [2.75, 3.05) is 23.9 Å². The van der Waals surface area contributed by atoms with Crippen LogP contribution in [0, 0.1) is 0 Å². The molecule has 3 rings (SSSR count). The molecule has 1 aliphatic heterocycles. The van der Waals surface area contributed by atoms with Gasteiger partial charge in [-0.3, -0.25) is 9.69 Å². The average molecular weight is 349 g/mol. The van der Waals surface area contributed by atoms with Crippen LogP contribution < -0.4 is 15.1 Å². The second-order valence-electron chi connectivity index (χ2n) is 6.59. The predicted octanol–water partition coefficient (Wildman–Crippen LogP) is 3.89. The Morgan fingerprint density at radius 3 is 2.19 bits per heavy atom. The fourth-order valence-corrected chi connectivity index (χ4v) is 3.30. The molecule has 0 bridgehead atoms. The number of nitrogens with zero attached hydrogens (tertiary/aromatic N) is 2. The van der Waals surface area contributed by atoms with Crippen LogP contribution in [0.15, 0.2) is 65.9 Å². The van der Waals surface area contributed by atoms with Gasteiger partial charge < -0.3 is 10.2 Å². The van der Waals surface area contributed by atoms with Gasteiger partial charge in [-0.15, -0.1) is 0 Å². The van der Waals surface area contributed by atoms with Gasteiger partial charge in [0.15, 0.2) is 5.78 Å². The number of ketones is 1. The van der Waals surface area contributed by atoms with Crippen LogP contribution >= 0.6 is 0 Å². The number of nitrogens with one attached hydrogen (secondary N) is 1. The highest BCUT2D eigenvalue weighted by atomic mass is 16.2.